The molecule has 1 rings (SSSR count). The highest BCUT2D eigenvalue weighted by atomic mass is 19.3. The van der Waals surface area contributed by atoms with Gasteiger partial charge in [-0.2, -0.15) is 0 Å². The molecular formula is C13H18F2N2O3. The lowest BCUT2D eigenvalue weighted by atomic mass is 10.1. The second kappa shape index (κ2) is 7.62. The Morgan fingerprint density at radius 2 is 2.15 bits per heavy atom. The Morgan fingerprint density at radius 3 is 2.70 bits per heavy atom. The van der Waals surface area contributed by atoms with Gasteiger partial charge in [0.25, 0.3) is 12.3 Å². The van der Waals surface area contributed by atoms with Crippen LogP contribution in [0.4, 0.5) is 8.78 Å². The van der Waals surface area contributed by atoms with Crippen molar-refractivity contribution in [3.05, 3.63) is 24.0 Å². The van der Waals surface area contributed by atoms with E-state index in [1.165, 1.54) is 18.3 Å². The summed E-state index contributed by atoms with van der Waals surface area (Å²) in [7, 11) is 0. The molecule has 1 aromatic rings. The summed E-state index contributed by atoms with van der Waals surface area (Å²) in [4.78, 5) is 23.0. The molecule has 0 spiro atoms. The first-order valence-electron chi connectivity index (χ1n) is 6.42. The number of nitrogens with one attached hydrogen (secondary N) is 1. The first-order chi connectivity index (χ1) is 9.45. The van der Waals surface area contributed by atoms with E-state index in [9.17, 15) is 18.4 Å². The maximum absolute atomic E-state index is 12.4. The van der Waals surface area contributed by atoms with E-state index in [2.05, 4.69) is 5.32 Å². The number of amides is 1. The molecule has 0 radical (unpaired) electrons. The molecule has 20 heavy (non-hydrogen) atoms. The number of rotatable bonds is 8. The predicted octanol–water partition coefficient (Wildman–Crippen LogP) is 2.13. The van der Waals surface area contributed by atoms with E-state index < -0.39 is 30.9 Å². The molecule has 0 aliphatic carbocycles. The SMILES string of the molecule is CCCC[C@H](NC(=O)c1cccn1CC(F)F)C(=O)O. The van der Waals surface area contributed by atoms with Crippen LogP contribution in [0.3, 0.4) is 0 Å². The highest BCUT2D eigenvalue weighted by Crippen LogP contribution is 2.08. The molecule has 0 saturated carbocycles. The molecule has 1 atom stereocenters. The molecular weight excluding hydrogens is 270 g/mol. The van der Waals surface area contributed by atoms with Gasteiger partial charge in [-0.1, -0.05) is 19.8 Å². The van der Waals surface area contributed by atoms with Crippen LogP contribution in [0.2, 0.25) is 0 Å². The van der Waals surface area contributed by atoms with E-state index in [4.69, 9.17) is 5.11 Å². The fourth-order valence-electron chi connectivity index (χ4n) is 1.83. The van der Waals surface area contributed by atoms with Crippen molar-refractivity contribution in [1.82, 2.24) is 9.88 Å². The molecule has 1 aromatic heterocycles. The zero-order valence-electron chi connectivity index (χ0n) is 11.2. The summed E-state index contributed by atoms with van der Waals surface area (Å²) < 4.78 is 25.8. The van der Waals surface area contributed by atoms with Crippen molar-refractivity contribution in [2.45, 2.75) is 45.2 Å². The number of aromatic nitrogens is 1. The molecule has 1 heterocycles. The fraction of sp³-hybridized carbons (Fsp3) is 0.538. The molecule has 2 N–H and O–H groups in total. The zero-order chi connectivity index (χ0) is 15.1. The summed E-state index contributed by atoms with van der Waals surface area (Å²) in [5.74, 6) is -1.78. The smallest absolute Gasteiger partial charge is 0.326 e. The van der Waals surface area contributed by atoms with Crippen LogP contribution in [0.15, 0.2) is 18.3 Å². The Hall–Kier alpha value is -1.92. The third-order valence-corrected chi connectivity index (χ3v) is 2.85. The average molecular weight is 288 g/mol. The molecule has 5 nitrogen and oxygen atoms in total. The molecule has 0 unspecified atom stereocenters. The van der Waals surface area contributed by atoms with Gasteiger partial charge in [0.2, 0.25) is 0 Å². The number of carbonyl (C=O) groups excluding carboxylic acids is 1. The first kappa shape index (κ1) is 16.1. The molecule has 0 aliphatic heterocycles. The third-order valence-electron chi connectivity index (χ3n) is 2.85. The number of carbonyl (C=O) groups is 2. The Morgan fingerprint density at radius 1 is 1.45 bits per heavy atom. The monoisotopic (exact) mass is 288 g/mol. The van der Waals surface area contributed by atoms with E-state index in [1.54, 1.807) is 0 Å². The maximum atomic E-state index is 12.4. The zero-order valence-corrected chi connectivity index (χ0v) is 11.2. The lowest BCUT2D eigenvalue weighted by Crippen LogP contribution is -2.41. The summed E-state index contributed by atoms with van der Waals surface area (Å²) in [5.41, 5.74) is 0.0352. The van der Waals surface area contributed by atoms with Crippen LogP contribution < -0.4 is 5.32 Å². The molecule has 112 valence electrons. The number of aliphatic carboxylic acids is 1. The number of halogens is 2. The Bertz CT molecular complexity index is 460. The molecule has 0 bridgehead atoms. The highest BCUT2D eigenvalue weighted by molar-refractivity contribution is 5.95. The van der Waals surface area contributed by atoms with Crippen LogP contribution in [0.25, 0.3) is 0 Å². The summed E-state index contributed by atoms with van der Waals surface area (Å²) >= 11 is 0. The second-order valence-electron chi connectivity index (χ2n) is 4.44. The number of hydrogen-bond acceptors (Lipinski definition) is 2. The minimum Gasteiger partial charge on any atom is -0.480 e. The van der Waals surface area contributed by atoms with Gasteiger partial charge < -0.3 is 15.0 Å². The van der Waals surface area contributed by atoms with Crippen molar-refractivity contribution in [3.8, 4) is 0 Å². The van der Waals surface area contributed by atoms with Crippen LogP contribution in [0, 0.1) is 0 Å². The molecule has 0 fully saturated rings. The van der Waals surface area contributed by atoms with Crippen molar-refractivity contribution >= 4 is 11.9 Å². The molecule has 0 saturated heterocycles. The van der Waals surface area contributed by atoms with Gasteiger partial charge >= 0.3 is 5.97 Å². The summed E-state index contributed by atoms with van der Waals surface area (Å²) in [5, 5.41) is 11.4. The van der Waals surface area contributed by atoms with E-state index in [0.29, 0.717) is 12.8 Å². The van der Waals surface area contributed by atoms with Crippen molar-refractivity contribution in [2.75, 3.05) is 0 Å². The van der Waals surface area contributed by atoms with E-state index in [-0.39, 0.29) is 5.69 Å². The Labute approximate surface area is 115 Å². The summed E-state index contributed by atoms with van der Waals surface area (Å²) in [6.45, 7) is 1.32. The van der Waals surface area contributed by atoms with Crippen molar-refractivity contribution in [3.63, 3.8) is 0 Å². The second-order valence-corrected chi connectivity index (χ2v) is 4.44. The van der Waals surface area contributed by atoms with E-state index in [1.807, 2.05) is 6.92 Å². The van der Waals surface area contributed by atoms with E-state index in [0.717, 1.165) is 11.0 Å². The fourth-order valence-corrected chi connectivity index (χ4v) is 1.83. The topological polar surface area (TPSA) is 71.3 Å². The first-order valence-corrected chi connectivity index (χ1v) is 6.42. The third kappa shape index (κ3) is 4.64. The standard InChI is InChI=1S/C13H18F2N2O3/c1-2-3-5-9(13(19)20)16-12(18)10-6-4-7-17(10)8-11(14)15/h4,6-7,9,11H,2-3,5,8H2,1H3,(H,16,18)(H,19,20)/t9-/m0/s1. The number of nitrogens with zero attached hydrogens (tertiary/aromatic N) is 1. The minimum absolute atomic E-state index is 0.0352. The number of hydrogen-bond donors (Lipinski definition) is 2. The van der Waals surface area contributed by atoms with Crippen LogP contribution in [0.5, 0.6) is 0 Å². The molecule has 1 amide bonds. The van der Waals surface area contributed by atoms with Crippen molar-refractivity contribution < 1.29 is 23.5 Å². The van der Waals surface area contributed by atoms with Gasteiger partial charge in [0.15, 0.2) is 0 Å². The Balaban J connectivity index is 2.73. The Kier molecular flexibility index (Phi) is 6.14. The molecule has 0 aliphatic rings. The van der Waals surface area contributed by atoms with Crippen LogP contribution in [-0.2, 0) is 11.3 Å². The lowest BCUT2D eigenvalue weighted by Gasteiger charge is -2.15. The van der Waals surface area contributed by atoms with Crippen LogP contribution >= 0.6 is 0 Å². The predicted molar refractivity (Wildman–Crippen MR) is 68.9 cm³/mol. The quantitative estimate of drug-likeness (QED) is 0.769. The van der Waals surface area contributed by atoms with Crippen LogP contribution in [-0.4, -0.2) is 34.0 Å². The normalized spacial score (nSPS) is 12.4. The lowest BCUT2D eigenvalue weighted by molar-refractivity contribution is -0.139. The minimum atomic E-state index is -2.58. The average Bonchev–Trinajstić information content (AvgIpc) is 2.81. The summed E-state index contributed by atoms with van der Waals surface area (Å²) in [6.07, 6.45) is 0.566. The summed E-state index contributed by atoms with van der Waals surface area (Å²) in [6, 6.07) is 1.85. The number of alkyl halides is 2. The van der Waals surface area contributed by atoms with Gasteiger partial charge in [-0.05, 0) is 18.6 Å². The van der Waals surface area contributed by atoms with E-state index >= 15 is 0 Å². The number of unbranched alkanes of at least 4 members (excludes halogenated alkanes) is 1. The maximum Gasteiger partial charge on any atom is 0.326 e. The van der Waals surface area contributed by atoms with Gasteiger partial charge in [0.1, 0.15) is 11.7 Å². The van der Waals surface area contributed by atoms with Gasteiger partial charge in [-0.3, -0.25) is 4.79 Å². The van der Waals surface area contributed by atoms with Gasteiger partial charge in [-0.15, -0.1) is 0 Å². The number of carboxylic acids is 1. The largest absolute Gasteiger partial charge is 0.480 e. The van der Waals surface area contributed by atoms with Crippen molar-refractivity contribution in [1.29, 1.82) is 0 Å². The van der Waals surface area contributed by atoms with Gasteiger partial charge in [-0.25, -0.2) is 13.6 Å². The van der Waals surface area contributed by atoms with Crippen molar-refractivity contribution in [2.24, 2.45) is 0 Å². The molecule has 0 aromatic carbocycles. The van der Waals surface area contributed by atoms with Crippen LogP contribution in [0.1, 0.15) is 36.7 Å². The number of carboxylic acid groups (broad SMARTS) is 1. The molecule has 7 heteroatoms. The highest BCUT2D eigenvalue weighted by Gasteiger charge is 2.22. The van der Waals surface area contributed by atoms with Gasteiger partial charge in [0.05, 0.1) is 6.54 Å². The van der Waals surface area contributed by atoms with Gasteiger partial charge in [0, 0.05) is 6.20 Å².